The van der Waals surface area contributed by atoms with Crippen molar-refractivity contribution in [3.05, 3.63) is 35.4 Å². The van der Waals surface area contributed by atoms with Crippen LogP contribution >= 0.6 is 0 Å². The van der Waals surface area contributed by atoms with Crippen LogP contribution in [0.5, 0.6) is 0 Å². The standard InChI is InChI=1S/C13H14F2N2/c14-13(15)7-5-12(17,6-8-13)11-3-1-10(9-16)2-4-11/h1-4H,5-8,17H2. The van der Waals surface area contributed by atoms with E-state index in [-0.39, 0.29) is 25.7 Å². The van der Waals surface area contributed by atoms with Gasteiger partial charge in [-0.15, -0.1) is 0 Å². The van der Waals surface area contributed by atoms with Gasteiger partial charge in [-0.1, -0.05) is 12.1 Å². The van der Waals surface area contributed by atoms with Crippen LogP contribution in [0.2, 0.25) is 0 Å². The van der Waals surface area contributed by atoms with Gasteiger partial charge in [0.2, 0.25) is 5.92 Å². The van der Waals surface area contributed by atoms with Crippen molar-refractivity contribution in [2.75, 3.05) is 0 Å². The van der Waals surface area contributed by atoms with E-state index in [1.165, 1.54) is 0 Å². The second kappa shape index (κ2) is 4.08. The Balaban J connectivity index is 2.19. The van der Waals surface area contributed by atoms with E-state index in [2.05, 4.69) is 0 Å². The molecule has 0 saturated heterocycles. The normalized spacial score (nSPS) is 21.8. The fraction of sp³-hybridized carbons (Fsp3) is 0.462. The Morgan fingerprint density at radius 2 is 1.59 bits per heavy atom. The Labute approximate surface area is 99.0 Å². The molecule has 2 N–H and O–H groups in total. The van der Waals surface area contributed by atoms with Crippen LogP contribution in [0.15, 0.2) is 24.3 Å². The van der Waals surface area contributed by atoms with Crippen LogP contribution in [0.1, 0.15) is 36.8 Å². The molecule has 0 spiro atoms. The second-order valence-electron chi connectivity index (χ2n) is 4.70. The van der Waals surface area contributed by atoms with E-state index < -0.39 is 11.5 Å². The van der Waals surface area contributed by atoms with Crippen molar-refractivity contribution in [3.63, 3.8) is 0 Å². The molecule has 2 rings (SSSR count). The first-order valence-corrected chi connectivity index (χ1v) is 5.63. The maximum absolute atomic E-state index is 13.1. The number of hydrogen-bond donors (Lipinski definition) is 1. The zero-order valence-corrected chi connectivity index (χ0v) is 9.42. The first kappa shape index (κ1) is 12.0. The van der Waals surface area contributed by atoms with E-state index in [1.54, 1.807) is 24.3 Å². The summed E-state index contributed by atoms with van der Waals surface area (Å²) in [6.45, 7) is 0. The van der Waals surface area contributed by atoms with Gasteiger partial charge in [-0.2, -0.15) is 5.26 Å². The molecule has 90 valence electrons. The zero-order chi connectivity index (χ0) is 12.5. The lowest BCUT2D eigenvalue weighted by molar-refractivity contribution is -0.0514. The van der Waals surface area contributed by atoms with E-state index in [0.717, 1.165) is 5.56 Å². The molecule has 0 amide bonds. The maximum Gasteiger partial charge on any atom is 0.248 e. The number of halogens is 2. The predicted octanol–water partition coefficient (Wildman–Crippen LogP) is 2.92. The maximum atomic E-state index is 13.1. The Kier molecular flexibility index (Phi) is 2.88. The van der Waals surface area contributed by atoms with Gasteiger partial charge in [-0.3, -0.25) is 0 Å². The largest absolute Gasteiger partial charge is 0.321 e. The first-order chi connectivity index (χ1) is 7.95. The molecule has 0 aliphatic heterocycles. The summed E-state index contributed by atoms with van der Waals surface area (Å²) in [6.07, 6.45) is 0.241. The number of hydrogen-bond acceptors (Lipinski definition) is 2. The van der Waals surface area contributed by atoms with Gasteiger partial charge in [0.05, 0.1) is 11.6 Å². The van der Waals surface area contributed by atoms with E-state index in [1.807, 2.05) is 6.07 Å². The fourth-order valence-electron chi connectivity index (χ4n) is 2.23. The molecule has 0 bridgehead atoms. The number of rotatable bonds is 1. The molecule has 0 unspecified atom stereocenters. The number of nitrogens with zero attached hydrogens (tertiary/aromatic N) is 1. The molecule has 1 saturated carbocycles. The van der Waals surface area contributed by atoms with Crippen molar-refractivity contribution < 1.29 is 8.78 Å². The first-order valence-electron chi connectivity index (χ1n) is 5.63. The van der Waals surface area contributed by atoms with Crippen LogP contribution in [0, 0.1) is 11.3 Å². The number of nitrogens with two attached hydrogens (primary N) is 1. The van der Waals surface area contributed by atoms with E-state index in [0.29, 0.717) is 5.56 Å². The van der Waals surface area contributed by atoms with E-state index >= 15 is 0 Å². The molecule has 0 radical (unpaired) electrons. The van der Waals surface area contributed by atoms with Gasteiger partial charge in [0.1, 0.15) is 0 Å². The predicted molar refractivity (Wildman–Crippen MR) is 60.4 cm³/mol. The summed E-state index contributed by atoms with van der Waals surface area (Å²) >= 11 is 0. The Hall–Kier alpha value is -1.47. The summed E-state index contributed by atoms with van der Waals surface area (Å²) < 4.78 is 26.2. The summed E-state index contributed by atoms with van der Waals surface area (Å²) in [4.78, 5) is 0. The molecule has 17 heavy (non-hydrogen) atoms. The minimum Gasteiger partial charge on any atom is -0.321 e. The fourth-order valence-corrected chi connectivity index (χ4v) is 2.23. The van der Waals surface area contributed by atoms with Gasteiger partial charge >= 0.3 is 0 Å². The minimum atomic E-state index is -2.57. The lowest BCUT2D eigenvalue weighted by Crippen LogP contribution is -2.43. The second-order valence-corrected chi connectivity index (χ2v) is 4.70. The molecule has 1 fully saturated rings. The van der Waals surface area contributed by atoms with Gasteiger partial charge in [0.25, 0.3) is 0 Å². The average molecular weight is 236 g/mol. The Morgan fingerprint density at radius 1 is 1.06 bits per heavy atom. The van der Waals surface area contributed by atoms with Crippen LogP contribution < -0.4 is 5.73 Å². The molecule has 4 heteroatoms. The average Bonchev–Trinajstić information content (AvgIpc) is 2.34. The van der Waals surface area contributed by atoms with E-state index in [4.69, 9.17) is 11.0 Å². The van der Waals surface area contributed by atoms with Crippen LogP contribution in [0.4, 0.5) is 8.78 Å². The molecule has 2 nitrogen and oxygen atoms in total. The zero-order valence-electron chi connectivity index (χ0n) is 9.42. The van der Waals surface area contributed by atoms with Gasteiger partial charge in [0, 0.05) is 18.4 Å². The Morgan fingerprint density at radius 3 is 2.06 bits per heavy atom. The molecule has 1 aliphatic rings. The molecular formula is C13H14F2N2. The lowest BCUT2D eigenvalue weighted by Gasteiger charge is -2.37. The highest BCUT2D eigenvalue weighted by Crippen LogP contribution is 2.42. The third-order valence-corrected chi connectivity index (χ3v) is 3.46. The van der Waals surface area contributed by atoms with Crippen molar-refractivity contribution >= 4 is 0 Å². The van der Waals surface area contributed by atoms with Crippen molar-refractivity contribution in [1.29, 1.82) is 5.26 Å². The molecule has 0 heterocycles. The van der Waals surface area contributed by atoms with Gasteiger partial charge in [-0.25, -0.2) is 8.78 Å². The summed E-state index contributed by atoms with van der Waals surface area (Å²) in [7, 11) is 0. The van der Waals surface area contributed by atoms with Gasteiger partial charge in [-0.05, 0) is 30.5 Å². The van der Waals surface area contributed by atoms with Crippen molar-refractivity contribution in [2.24, 2.45) is 5.73 Å². The van der Waals surface area contributed by atoms with Crippen molar-refractivity contribution in [1.82, 2.24) is 0 Å². The van der Waals surface area contributed by atoms with E-state index in [9.17, 15) is 8.78 Å². The topological polar surface area (TPSA) is 49.8 Å². The highest BCUT2D eigenvalue weighted by molar-refractivity contribution is 5.35. The molecule has 0 aromatic heterocycles. The molecule has 0 atom stereocenters. The van der Waals surface area contributed by atoms with Crippen LogP contribution in [-0.4, -0.2) is 5.92 Å². The molecule has 1 aromatic carbocycles. The Bertz CT molecular complexity index is 435. The molecule has 1 aliphatic carbocycles. The van der Waals surface area contributed by atoms with Crippen molar-refractivity contribution in [3.8, 4) is 6.07 Å². The smallest absolute Gasteiger partial charge is 0.248 e. The number of nitriles is 1. The summed E-state index contributed by atoms with van der Waals surface area (Å²) in [6, 6.07) is 8.91. The third kappa shape index (κ3) is 2.45. The third-order valence-electron chi connectivity index (χ3n) is 3.46. The summed E-state index contributed by atoms with van der Waals surface area (Å²) in [5, 5.41) is 8.69. The van der Waals surface area contributed by atoms with Crippen molar-refractivity contribution in [2.45, 2.75) is 37.1 Å². The molecular weight excluding hydrogens is 222 g/mol. The van der Waals surface area contributed by atoms with Gasteiger partial charge < -0.3 is 5.73 Å². The summed E-state index contributed by atoms with van der Waals surface area (Å²) in [5.41, 5.74) is 6.90. The monoisotopic (exact) mass is 236 g/mol. The lowest BCUT2D eigenvalue weighted by atomic mass is 9.76. The van der Waals surface area contributed by atoms with Crippen LogP contribution in [-0.2, 0) is 5.54 Å². The number of alkyl halides is 2. The van der Waals surface area contributed by atoms with Crippen LogP contribution in [0.3, 0.4) is 0 Å². The van der Waals surface area contributed by atoms with Gasteiger partial charge in [0.15, 0.2) is 0 Å². The minimum absolute atomic E-state index is 0.163. The highest BCUT2D eigenvalue weighted by atomic mass is 19.3. The van der Waals surface area contributed by atoms with Crippen LogP contribution in [0.25, 0.3) is 0 Å². The SMILES string of the molecule is N#Cc1ccc(C2(N)CCC(F)(F)CC2)cc1. The number of benzene rings is 1. The summed E-state index contributed by atoms with van der Waals surface area (Å²) in [5.74, 6) is -2.57. The quantitative estimate of drug-likeness (QED) is 0.815. The molecule has 1 aromatic rings. The highest BCUT2D eigenvalue weighted by Gasteiger charge is 2.41.